The molecule has 0 radical (unpaired) electrons. The Morgan fingerprint density at radius 2 is 2.00 bits per heavy atom. The maximum atomic E-state index is 14.9. The normalized spacial score (nSPS) is 15.1. The number of anilines is 3. The molecule has 0 bridgehead atoms. The predicted molar refractivity (Wildman–Crippen MR) is 155 cm³/mol. The maximum absolute atomic E-state index is 14.9. The van der Waals surface area contributed by atoms with E-state index in [1.165, 1.54) is 18.2 Å². The van der Waals surface area contributed by atoms with E-state index in [1.807, 2.05) is 13.1 Å². The number of rotatable bonds is 8. The highest BCUT2D eigenvalue weighted by molar-refractivity contribution is 6.31. The Kier molecular flexibility index (Phi) is 8.09. The van der Waals surface area contributed by atoms with Crippen LogP contribution >= 0.6 is 11.6 Å². The molecule has 2 aromatic carbocycles. The number of pyridine rings is 1. The molecular weight excluding hydrogens is 533 g/mol. The molecule has 2 aromatic heterocycles. The number of amides is 1. The molecule has 0 spiro atoms. The number of likely N-dealkylation sites (tertiary alicyclic amines) is 1. The third-order valence-corrected chi connectivity index (χ3v) is 7.06. The van der Waals surface area contributed by atoms with E-state index >= 15 is 0 Å². The number of benzene rings is 2. The van der Waals surface area contributed by atoms with Gasteiger partial charge in [-0.15, -0.1) is 0 Å². The number of hydrogen-bond acceptors (Lipinski definition) is 8. The fraction of sp³-hybridized carbons (Fsp3) is 0.241. The number of hydrogen-bond donors (Lipinski definition) is 2. The average Bonchev–Trinajstić information content (AvgIpc) is 3.40. The van der Waals surface area contributed by atoms with Gasteiger partial charge in [0.2, 0.25) is 11.8 Å². The molecule has 1 fully saturated rings. The molecule has 0 unspecified atom stereocenters. The predicted octanol–water partition coefficient (Wildman–Crippen LogP) is 5.56. The molecule has 3 heterocycles. The second kappa shape index (κ2) is 11.8. The summed E-state index contributed by atoms with van der Waals surface area (Å²) in [5.74, 6) is -0.374. The van der Waals surface area contributed by atoms with Crippen LogP contribution in [-0.4, -0.2) is 66.0 Å². The van der Waals surface area contributed by atoms with Crippen molar-refractivity contribution < 1.29 is 13.9 Å². The molecule has 206 valence electrons. The van der Waals surface area contributed by atoms with Crippen LogP contribution in [0.4, 0.5) is 21.7 Å². The minimum absolute atomic E-state index is 0.177. The highest BCUT2D eigenvalue weighted by Crippen LogP contribution is 2.34. The maximum Gasteiger partial charge on any atom is 0.258 e. The molecule has 9 nitrogen and oxygen atoms in total. The zero-order valence-electron chi connectivity index (χ0n) is 22.4. The lowest BCUT2D eigenvalue weighted by Crippen LogP contribution is -2.34. The van der Waals surface area contributed by atoms with Crippen molar-refractivity contribution in [2.75, 3.05) is 49.8 Å². The van der Waals surface area contributed by atoms with Crippen molar-refractivity contribution in [3.63, 3.8) is 0 Å². The fourth-order valence-corrected chi connectivity index (χ4v) is 4.85. The summed E-state index contributed by atoms with van der Waals surface area (Å²) in [7, 11) is 5.79. The van der Waals surface area contributed by atoms with Gasteiger partial charge in [0.15, 0.2) is 0 Å². The number of nitrogens with zero attached hydrogens (tertiary/aromatic N) is 5. The summed E-state index contributed by atoms with van der Waals surface area (Å²) < 4.78 is 20.9. The van der Waals surface area contributed by atoms with Crippen LogP contribution in [0.25, 0.3) is 11.3 Å². The van der Waals surface area contributed by atoms with Gasteiger partial charge in [-0.25, -0.2) is 19.3 Å². The first-order chi connectivity index (χ1) is 19.3. The topological polar surface area (TPSA) is 95.5 Å². The van der Waals surface area contributed by atoms with Crippen LogP contribution in [0.15, 0.2) is 67.0 Å². The third-order valence-electron chi connectivity index (χ3n) is 6.82. The van der Waals surface area contributed by atoms with Crippen molar-refractivity contribution in [3.8, 4) is 22.9 Å². The van der Waals surface area contributed by atoms with Gasteiger partial charge in [-0.05, 0) is 74.6 Å². The number of aromatic nitrogens is 3. The summed E-state index contributed by atoms with van der Waals surface area (Å²) >= 11 is 6.27. The van der Waals surface area contributed by atoms with E-state index in [1.54, 1.807) is 49.8 Å². The first-order valence-corrected chi connectivity index (χ1v) is 13.2. The Morgan fingerprint density at radius 1 is 1.15 bits per heavy atom. The molecule has 1 aliphatic heterocycles. The van der Waals surface area contributed by atoms with Crippen LogP contribution in [0.3, 0.4) is 0 Å². The molecule has 1 aliphatic rings. The number of carbonyl (C=O) groups excluding carboxylic acids is 1. The highest BCUT2D eigenvalue weighted by atomic mass is 35.5. The second-order valence-electron chi connectivity index (χ2n) is 9.55. The van der Waals surface area contributed by atoms with E-state index in [9.17, 15) is 9.18 Å². The van der Waals surface area contributed by atoms with Crippen LogP contribution in [-0.2, 0) is 0 Å². The SMILES string of the molecule is CNc1nccc(-c2cccnc2Oc2ccc(F)c(C(=O)Nc3cc(Cl)ccc3N(C)[C@@H]3CCN(C)C3)c2)n1. The fourth-order valence-electron chi connectivity index (χ4n) is 4.68. The van der Waals surface area contributed by atoms with Crippen LogP contribution in [0.5, 0.6) is 11.6 Å². The summed E-state index contributed by atoms with van der Waals surface area (Å²) in [6, 6.07) is 14.9. The third kappa shape index (κ3) is 5.98. The standard InChI is InChI=1S/C29H29ClFN7O2/c1-32-29-34-13-10-24(36-29)21-5-4-12-33-28(21)40-20-7-8-23(31)22(16-20)27(39)35-25-15-18(30)6-9-26(25)38(3)19-11-14-37(2)17-19/h4-10,12-13,15-16,19H,11,14,17H2,1-3H3,(H,35,39)(H,32,34,36)/t19-/m1/s1. The van der Waals surface area contributed by atoms with E-state index in [0.29, 0.717) is 27.9 Å². The Bertz CT molecular complexity index is 1540. The van der Waals surface area contributed by atoms with Gasteiger partial charge in [0.1, 0.15) is 11.6 Å². The largest absolute Gasteiger partial charge is 0.438 e. The zero-order chi connectivity index (χ0) is 28.2. The van der Waals surface area contributed by atoms with Crippen molar-refractivity contribution in [3.05, 3.63) is 83.4 Å². The summed E-state index contributed by atoms with van der Waals surface area (Å²) in [5.41, 5.74) is 2.32. The van der Waals surface area contributed by atoms with Gasteiger partial charge in [0.25, 0.3) is 5.91 Å². The number of likely N-dealkylation sites (N-methyl/N-ethyl adjacent to an activating group) is 2. The molecule has 5 rings (SSSR count). The number of nitrogens with one attached hydrogen (secondary N) is 2. The number of halogens is 2. The number of ether oxygens (including phenoxy) is 1. The molecule has 2 N–H and O–H groups in total. The molecule has 1 saturated heterocycles. The lowest BCUT2D eigenvalue weighted by atomic mass is 10.1. The van der Waals surface area contributed by atoms with E-state index in [0.717, 1.165) is 25.2 Å². The summed E-state index contributed by atoms with van der Waals surface area (Å²) in [6.07, 6.45) is 4.20. The van der Waals surface area contributed by atoms with Gasteiger partial charge in [-0.3, -0.25) is 4.79 Å². The molecule has 1 atom stereocenters. The first kappa shape index (κ1) is 27.3. The Balaban J connectivity index is 1.40. The average molecular weight is 562 g/mol. The van der Waals surface area contributed by atoms with E-state index in [4.69, 9.17) is 16.3 Å². The van der Waals surface area contributed by atoms with Gasteiger partial charge in [0.05, 0.1) is 28.2 Å². The highest BCUT2D eigenvalue weighted by Gasteiger charge is 2.26. The monoisotopic (exact) mass is 561 g/mol. The van der Waals surface area contributed by atoms with Crippen molar-refractivity contribution in [2.24, 2.45) is 0 Å². The molecule has 11 heteroatoms. The summed E-state index contributed by atoms with van der Waals surface area (Å²) in [4.78, 5) is 30.6. The molecule has 0 saturated carbocycles. The van der Waals surface area contributed by atoms with Crippen molar-refractivity contribution in [2.45, 2.75) is 12.5 Å². The van der Waals surface area contributed by atoms with Crippen molar-refractivity contribution in [1.29, 1.82) is 0 Å². The van der Waals surface area contributed by atoms with E-state index < -0.39 is 11.7 Å². The quantitative estimate of drug-likeness (QED) is 0.289. The van der Waals surface area contributed by atoms with Gasteiger partial charge < -0.3 is 25.2 Å². The van der Waals surface area contributed by atoms with Gasteiger partial charge in [-0.2, -0.15) is 0 Å². The van der Waals surface area contributed by atoms with E-state index in [2.05, 4.69) is 42.4 Å². The molecule has 0 aliphatic carbocycles. The Labute approximate surface area is 237 Å². The van der Waals surface area contributed by atoms with Crippen molar-refractivity contribution >= 4 is 34.8 Å². The van der Waals surface area contributed by atoms with Crippen LogP contribution < -0.4 is 20.3 Å². The second-order valence-corrected chi connectivity index (χ2v) is 9.98. The van der Waals surface area contributed by atoms with Gasteiger partial charge in [-0.1, -0.05) is 11.6 Å². The molecule has 1 amide bonds. The van der Waals surface area contributed by atoms with Crippen LogP contribution in [0, 0.1) is 5.82 Å². The first-order valence-electron chi connectivity index (χ1n) is 12.8. The van der Waals surface area contributed by atoms with E-state index in [-0.39, 0.29) is 23.2 Å². The Morgan fingerprint density at radius 3 is 2.77 bits per heavy atom. The lowest BCUT2D eigenvalue weighted by molar-refractivity contribution is 0.102. The molecular formula is C29H29ClFN7O2. The van der Waals surface area contributed by atoms with Crippen molar-refractivity contribution in [1.82, 2.24) is 19.9 Å². The Hall–Kier alpha value is -4.28. The zero-order valence-corrected chi connectivity index (χ0v) is 23.1. The lowest BCUT2D eigenvalue weighted by Gasteiger charge is -2.29. The number of carbonyl (C=O) groups is 1. The van der Waals surface area contributed by atoms with Crippen LogP contribution in [0.2, 0.25) is 5.02 Å². The molecule has 4 aromatic rings. The smallest absolute Gasteiger partial charge is 0.258 e. The van der Waals surface area contributed by atoms with Gasteiger partial charge >= 0.3 is 0 Å². The van der Waals surface area contributed by atoms with Gasteiger partial charge in [0, 0.05) is 44.1 Å². The summed E-state index contributed by atoms with van der Waals surface area (Å²) in [5, 5.41) is 6.21. The minimum Gasteiger partial charge on any atom is -0.438 e. The van der Waals surface area contributed by atoms with Crippen LogP contribution in [0.1, 0.15) is 16.8 Å². The summed E-state index contributed by atoms with van der Waals surface area (Å²) in [6.45, 7) is 1.90. The molecule has 40 heavy (non-hydrogen) atoms. The minimum atomic E-state index is -0.685.